The third kappa shape index (κ3) is 2.13. The first-order valence-electron chi connectivity index (χ1n) is 7.17. The summed E-state index contributed by atoms with van der Waals surface area (Å²) in [6.45, 7) is 0.689. The lowest BCUT2D eigenvalue weighted by molar-refractivity contribution is -0.117. The maximum absolute atomic E-state index is 12.3. The van der Waals surface area contributed by atoms with E-state index in [0.29, 0.717) is 13.0 Å². The third-order valence-corrected chi connectivity index (χ3v) is 4.07. The average Bonchev–Trinajstić information content (AvgIpc) is 3.11. The van der Waals surface area contributed by atoms with Crippen molar-refractivity contribution in [2.75, 3.05) is 11.4 Å². The molecule has 1 amide bonds. The molecule has 2 aliphatic rings. The first-order chi connectivity index (χ1) is 10.3. The van der Waals surface area contributed by atoms with Gasteiger partial charge in [0.25, 0.3) is 0 Å². The highest BCUT2D eigenvalue weighted by molar-refractivity contribution is 5.95. The monoisotopic (exact) mass is 277 g/mol. The Kier molecular flexibility index (Phi) is 2.81. The van der Waals surface area contributed by atoms with Gasteiger partial charge in [-0.2, -0.15) is 0 Å². The molecular weight excluding hydrogens is 262 g/mol. The number of fused-ring (bicyclic) bond motifs is 1. The summed E-state index contributed by atoms with van der Waals surface area (Å²) in [5.74, 6) is 0.317. The summed E-state index contributed by atoms with van der Waals surface area (Å²) in [6.07, 6.45) is 0.389. The number of rotatable bonds is 2. The summed E-state index contributed by atoms with van der Waals surface area (Å²) < 4.78 is 0. The van der Waals surface area contributed by atoms with Crippen molar-refractivity contribution in [3.63, 3.8) is 0 Å². The van der Waals surface area contributed by atoms with Crippen LogP contribution in [-0.2, 0) is 4.79 Å². The van der Waals surface area contributed by atoms with Gasteiger partial charge in [-0.3, -0.25) is 14.8 Å². The van der Waals surface area contributed by atoms with Crippen LogP contribution in [-0.4, -0.2) is 18.6 Å². The van der Waals surface area contributed by atoms with Gasteiger partial charge in [-0.15, -0.1) is 0 Å². The molecule has 4 heteroatoms. The van der Waals surface area contributed by atoms with Crippen molar-refractivity contribution in [3.8, 4) is 0 Å². The van der Waals surface area contributed by atoms with E-state index in [9.17, 15) is 4.79 Å². The number of nitrogens with zero attached hydrogens (tertiary/aromatic N) is 3. The summed E-state index contributed by atoms with van der Waals surface area (Å²) in [7, 11) is 0. The van der Waals surface area contributed by atoms with Crippen LogP contribution >= 0.6 is 0 Å². The van der Waals surface area contributed by atoms with Gasteiger partial charge in [0.15, 0.2) is 0 Å². The van der Waals surface area contributed by atoms with Crippen LogP contribution in [0.25, 0.3) is 0 Å². The minimum Gasteiger partial charge on any atom is -0.312 e. The second kappa shape index (κ2) is 4.81. The van der Waals surface area contributed by atoms with Gasteiger partial charge in [-0.1, -0.05) is 30.3 Å². The second-order valence-electron chi connectivity index (χ2n) is 5.46. The lowest BCUT2D eigenvalue weighted by atomic mass is 10.1. The molecule has 0 aliphatic carbocycles. The lowest BCUT2D eigenvalue weighted by Crippen LogP contribution is -2.26. The van der Waals surface area contributed by atoms with E-state index in [4.69, 9.17) is 0 Å². The number of anilines is 1. The number of amides is 1. The molecule has 0 aromatic heterocycles. The minimum absolute atomic E-state index is 0.125. The molecule has 1 saturated heterocycles. The Bertz CT molecular complexity index is 765. The number of para-hydroxylation sites is 3. The van der Waals surface area contributed by atoms with Crippen LogP contribution in [0.2, 0.25) is 0 Å². The molecule has 0 N–H and O–H groups in total. The number of benzene rings is 2. The van der Waals surface area contributed by atoms with Crippen LogP contribution in [0.5, 0.6) is 0 Å². The number of carbonyl (C=O) groups is 1. The molecule has 2 aromatic carbocycles. The Morgan fingerprint density at radius 1 is 0.905 bits per heavy atom. The number of carbonyl (C=O) groups excluding carboxylic acids is 1. The summed E-state index contributed by atoms with van der Waals surface area (Å²) in [4.78, 5) is 23.4. The van der Waals surface area contributed by atoms with E-state index in [1.165, 1.54) is 0 Å². The Balaban J connectivity index is 1.60. The zero-order valence-electron chi connectivity index (χ0n) is 11.5. The van der Waals surface area contributed by atoms with Gasteiger partial charge in [0.2, 0.25) is 5.91 Å². The first kappa shape index (κ1) is 12.3. The number of hydrogen-bond donors (Lipinski definition) is 0. The molecule has 2 aliphatic heterocycles. The van der Waals surface area contributed by atoms with Crippen molar-refractivity contribution in [2.45, 2.75) is 12.6 Å². The topological polar surface area (TPSA) is 45.0 Å². The highest BCUT2D eigenvalue weighted by Crippen LogP contribution is 2.28. The van der Waals surface area contributed by atoms with E-state index in [0.717, 1.165) is 16.4 Å². The molecule has 2 heterocycles. The molecule has 1 atom stereocenters. The fourth-order valence-electron chi connectivity index (χ4n) is 3.00. The molecule has 0 spiro atoms. The zero-order chi connectivity index (χ0) is 14.2. The van der Waals surface area contributed by atoms with Gasteiger partial charge in [0, 0.05) is 24.6 Å². The largest absolute Gasteiger partial charge is 0.312 e. The van der Waals surface area contributed by atoms with Crippen LogP contribution < -0.4 is 15.6 Å². The van der Waals surface area contributed by atoms with Crippen molar-refractivity contribution in [3.05, 3.63) is 65.3 Å². The van der Waals surface area contributed by atoms with Gasteiger partial charge in [-0.25, -0.2) is 0 Å². The van der Waals surface area contributed by atoms with Crippen LogP contribution in [0.15, 0.2) is 64.6 Å². The SMILES string of the molecule is O=C1C[C@H](C2N=c3ccccc3=N2)CN1c1ccccc1. The van der Waals surface area contributed by atoms with Crippen LogP contribution in [0, 0.1) is 5.92 Å². The predicted octanol–water partition coefficient (Wildman–Crippen LogP) is 1.32. The van der Waals surface area contributed by atoms with Crippen LogP contribution in [0.1, 0.15) is 6.42 Å². The van der Waals surface area contributed by atoms with Crippen molar-refractivity contribution in [1.82, 2.24) is 0 Å². The molecule has 2 aromatic rings. The fraction of sp³-hybridized carbons (Fsp3) is 0.235. The summed E-state index contributed by atoms with van der Waals surface area (Å²) in [5, 5.41) is 1.88. The standard InChI is InChI=1S/C17H15N3O/c21-16-10-12(11-20(16)13-6-2-1-3-7-13)17-18-14-8-4-5-9-15(14)19-17/h1-9,12,17H,10-11H2/t12-/m0/s1. The summed E-state index contributed by atoms with van der Waals surface area (Å²) >= 11 is 0. The van der Waals surface area contributed by atoms with Gasteiger partial charge in [-0.05, 0) is 24.3 Å². The fourth-order valence-corrected chi connectivity index (χ4v) is 3.00. The van der Waals surface area contributed by atoms with Crippen LogP contribution in [0.4, 0.5) is 5.69 Å². The van der Waals surface area contributed by atoms with Crippen molar-refractivity contribution in [2.24, 2.45) is 15.9 Å². The van der Waals surface area contributed by atoms with Crippen molar-refractivity contribution < 1.29 is 4.79 Å². The minimum atomic E-state index is -0.125. The Morgan fingerprint density at radius 3 is 2.19 bits per heavy atom. The Hall–Kier alpha value is -2.49. The van der Waals surface area contributed by atoms with Gasteiger partial charge in [0.05, 0.1) is 10.7 Å². The van der Waals surface area contributed by atoms with E-state index in [1.807, 2.05) is 59.5 Å². The zero-order valence-corrected chi connectivity index (χ0v) is 11.5. The molecule has 21 heavy (non-hydrogen) atoms. The lowest BCUT2D eigenvalue weighted by Gasteiger charge is -2.17. The Morgan fingerprint density at radius 2 is 1.52 bits per heavy atom. The predicted molar refractivity (Wildman–Crippen MR) is 79.4 cm³/mol. The molecule has 0 bridgehead atoms. The highest BCUT2D eigenvalue weighted by Gasteiger charge is 2.36. The van der Waals surface area contributed by atoms with Crippen LogP contribution in [0.3, 0.4) is 0 Å². The molecule has 0 unspecified atom stereocenters. The van der Waals surface area contributed by atoms with Crippen molar-refractivity contribution >= 4 is 11.6 Å². The van der Waals surface area contributed by atoms with E-state index >= 15 is 0 Å². The Labute approximate surface area is 122 Å². The van der Waals surface area contributed by atoms with E-state index in [-0.39, 0.29) is 18.0 Å². The van der Waals surface area contributed by atoms with E-state index < -0.39 is 0 Å². The molecule has 0 radical (unpaired) electrons. The van der Waals surface area contributed by atoms with Gasteiger partial charge in [0.1, 0.15) is 6.17 Å². The molecule has 1 fully saturated rings. The summed E-state index contributed by atoms with van der Waals surface area (Å²) in [5.41, 5.74) is 0.959. The normalized spacial score (nSPS) is 21.0. The molecule has 0 saturated carbocycles. The molecule has 4 nitrogen and oxygen atoms in total. The van der Waals surface area contributed by atoms with E-state index in [2.05, 4.69) is 9.98 Å². The molecule has 4 rings (SSSR count). The number of hydrogen-bond acceptors (Lipinski definition) is 3. The van der Waals surface area contributed by atoms with E-state index in [1.54, 1.807) is 0 Å². The maximum Gasteiger partial charge on any atom is 0.227 e. The quantitative estimate of drug-likeness (QED) is 0.816. The third-order valence-electron chi connectivity index (χ3n) is 4.07. The first-order valence-corrected chi connectivity index (χ1v) is 7.17. The molecular formula is C17H15N3O. The van der Waals surface area contributed by atoms with Gasteiger partial charge >= 0.3 is 0 Å². The highest BCUT2D eigenvalue weighted by atomic mass is 16.2. The smallest absolute Gasteiger partial charge is 0.227 e. The summed E-state index contributed by atoms with van der Waals surface area (Å²) in [6, 6.07) is 17.7. The average molecular weight is 277 g/mol. The second-order valence-corrected chi connectivity index (χ2v) is 5.46. The molecule has 104 valence electrons. The maximum atomic E-state index is 12.3. The van der Waals surface area contributed by atoms with Gasteiger partial charge < -0.3 is 4.90 Å². The van der Waals surface area contributed by atoms with Crippen molar-refractivity contribution in [1.29, 1.82) is 0 Å².